The molecule has 0 radical (unpaired) electrons. The van der Waals surface area contributed by atoms with E-state index in [0.29, 0.717) is 17.0 Å². The Balaban J connectivity index is 1.44. The number of carbonyl (C=O) groups is 3. The van der Waals surface area contributed by atoms with Crippen LogP contribution in [-0.4, -0.2) is 30.5 Å². The van der Waals surface area contributed by atoms with Crippen molar-refractivity contribution in [2.75, 3.05) is 11.9 Å². The highest BCUT2D eigenvalue weighted by Gasteiger charge is 2.12. The van der Waals surface area contributed by atoms with Crippen molar-refractivity contribution in [3.8, 4) is 5.75 Å². The molecular weight excluding hydrogens is 468 g/mol. The molecule has 0 aliphatic carbocycles. The van der Waals surface area contributed by atoms with Crippen LogP contribution in [0.15, 0.2) is 71.8 Å². The number of hydrogen-bond acceptors (Lipinski definition) is 5. The van der Waals surface area contributed by atoms with Crippen LogP contribution in [0, 0.1) is 13.8 Å². The smallest absolute Gasteiger partial charge is 0.329 e. The fraction of sp³-hybridized carbons (Fsp3) is 0.154. The molecule has 0 unspecified atom stereocenters. The van der Waals surface area contributed by atoms with E-state index in [1.54, 1.807) is 30.3 Å². The summed E-state index contributed by atoms with van der Waals surface area (Å²) in [5.41, 5.74) is 6.48. The topological polar surface area (TPSA) is 109 Å². The summed E-state index contributed by atoms with van der Waals surface area (Å²) < 4.78 is 5.48. The molecule has 0 saturated carbocycles. The van der Waals surface area contributed by atoms with Crippen LogP contribution in [0.1, 0.15) is 22.3 Å². The molecule has 8 nitrogen and oxygen atoms in total. The predicted octanol–water partition coefficient (Wildman–Crippen LogP) is 3.74. The number of rotatable bonds is 8. The standard InChI is InChI=1S/C26H25ClN4O4/c1-17-3-7-19(8-4-17)14-28-25(33)26(34)31-29-15-20-9-12-23(22(27)13-20)35-16-24(32)30-21-10-5-18(2)6-11-21/h3-13,15H,14,16H2,1-2H3,(H,28,33)(H,30,32)(H,31,34)/b29-15-. The maximum Gasteiger partial charge on any atom is 0.329 e. The average molecular weight is 493 g/mol. The summed E-state index contributed by atoms with van der Waals surface area (Å²) in [6, 6.07) is 19.8. The van der Waals surface area contributed by atoms with Crippen molar-refractivity contribution in [2.45, 2.75) is 20.4 Å². The Kier molecular flexibility index (Phi) is 8.97. The third-order valence-corrected chi connectivity index (χ3v) is 5.11. The molecule has 0 aliphatic heterocycles. The van der Waals surface area contributed by atoms with E-state index in [0.717, 1.165) is 16.7 Å². The number of ether oxygens (including phenoxy) is 1. The van der Waals surface area contributed by atoms with E-state index in [4.69, 9.17) is 16.3 Å². The Morgan fingerprint density at radius 3 is 2.23 bits per heavy atom. The van der Waals surface area contributed by atoms with Gasteiger partial charge in [0.25, 0.3) is 5.91 Å². The minimum Gasteiger partial charge on any atom is -0.482 e. The fourth-order valence-corrected chi connectivity index (χ4v) is 3.12. The second kappa shape index (κ2) is 12.3. The molecule has 3 aromatic rings. The van der Waals surface area contributed by atoms with Crippen LogP contribution in [0.2, 0.25) is 5.02 Å². The molecule has 0 heterocycles. The van der Waals surface area contributed by atoms with Crippen LogP contribution in [-0.2, 0) is 20.9 Å². The maximum atomic E-state index is 12.1. The summed E-state index contributed by atoms with van der Waals surface area (Å²) in [6.45, 7) is 3.95. The Morgan fingerprint density at radius 2 is 1.57 bits per heavy atom. The van der Waals surface area contributed by atoms with Crippen LogP contribution in [0.4, 0.5) is 5.69 Å². The summed E-state index contributed by atoms with van der Waals surface area (Å²) in [4.78, 5) is 35.9. The number of nitrogens with one attached hydrogen (secondary N) is 3. The number of halogens is 1. The molecular formula is C26H25ClN4O4. The Hall–Kier alpha value is -4.17. The largest absolute Gasteiger partial charge is 0.482 e. The van der Waals surface area contributed by atoms with Crippen LogP contribution in [0.3, 0.4) is 0 Å². The molecule has 0 saturated heterocycles. The van der Waals surface area contributed by atoms with E-state index in [-0.39, 0.29) is 24.1 Å². The van der Waals surface area contributed by atoms with E-state index in [1.165, 1.54) is 6.21 Å². The molecule has 3 amide bonds. The first-order chi connectivity index (χ1) is 16.8. The van der Waals surface area contributed by atoms with Gasteiger partial charge in [0.15, 0.2) is 6.61 Å². The Labute approximate surface area is 208 Å². The van der Waals surface area contributed by atoms with E-state index < -0.39 is 11.8 Å². The van der Waals surface area contributed by atoms with Crippen molar-refractivity contribution in [1.29, 1.82) is 0 Å². The highest BCUT2D eigenvalue weighted by Crippen LogP contribution is 2.25. The zero-order chi connectivity index (χ0) is 25.2. The van der Waals surface area contributed by atoms with Gasteiger partial charge < -0.3 is 15.4 Å². The second-order valence-corrected chi connectivity index (χ2v) is 8.17. The van der Waals surface area contributed by atoms with Crippen LogP contribution in [0.25, 0.3) is 0 Å². The molecule has 0 spiro atoms. The molecule has 0 aromatic heterocycles. The molecule has 3 aromatic carbocycles. The zero-order valence-corrected chi connectivity index (χ0v) is 20.1. The van der Waals surface area contributed by atoms with Gasteiger partial charge in [0.2, 0.25) is 0 Å². The van der Waals surface area contributed by atoms with Gasteiger partial charge in [0, 0.05) is 12.2 Å². The Morgan fingerprint density at radius 1 is 0.914 bits per heavy atom. The number of amides is 3. The van der Waals surface area contributed by atoms with Crippen molar-refractivity contribution < 1.29 is 19.1 Å². The summed E-state index contributed by atoms with van der Waals surface area (Å²) in [5, 5.41) is 9.31. The van der Waals surface area contributed by atoms with Crippen molar-refractivity contribution in [1.82, 2.24) is 10.7 Å². The number of benzene rings is 3. The van der Waals surface area contributed by atoms with Gasteiger partial charge in [-0.05, 0) is 55.3 Å². The third kappa shape index (κ3) is 8.28. The molecule has 0 aliphatic rings. The van der Waals surface area contributed by atoms with E-state index in [9.17, 15) is 14.4 Å². The zero-order valence-electron chi connectivity index (χ0n) is 19.3. The maximum absolute atomic E-state index is 12.1. The van der Waals surface area contributed by atoms with Gasteiger partial charge in [0.1, 0.15) is 5.75 Å². The summed E-state index contributed by atoms with van der Waals surface area (Å²) in [5.74, 6) is -1.69. The molecule has 0 atom stereocenters. The van der Waals surface area contributed by atoms with Crippen molar-refractivity contribution in [3.05, 3.63) is 94.0 Å². The van der Waals surface area contributed by atoms with Crippen molar-refractivity contribution >= 4 is 41.2 Å². The molecule has 180 valence electrons. The van der Waals surface area contributed by atoms with Crippen LogP contribution < -0.4 is 20.8 Å². The SMILES string of the molecule is Cc1ccc(CNC(=O)C(=O)N/N=C\c2ccc(OCC(=O)Nc3ccc(C)cc3)c(Cl)c2)cc1. The Bertz CT molecular complexity index is 1230. The normalized spacial score (nSPS) is 10.6. The number of anilines is 1. The first-order valence-electron chi connectivity index (χ1n) is 10.8. The van der Waals surface area contributed by atoms with Gasteiger partial charge in [-0.15, -0.1) is 0 Å². The number of aryl methyl sites for hydroxylation is 2. The van der Waals surface area contributed by atoms with Gasteiger partial charge in [-0.1, -0.05) is 59.1 Å². The lowest BCUT2D eigenvalue weighted by atomic mass is 10.1. The van der Waals surface area contributed by atoms with Gasteiger partial charge in [-0.2, -0.15) is 5.10 Å². The quantitative estimate of drug-likeness (QED) is 0.253. The molecule has 3 N–H and O–H groups in total. The van der Waals surface area contributed by atoms with Gasteiger partial charge >= 0.3 is 11.8 Å². The van der Waals surface area contributed by atoms with Gasteiger partial charge in [-0.25, -0.2) is 5.43 Å². The first kappa shape index (κ1) is 25.5. The molecule has 9 heteroatoms. The van der Waals surface area contributed by atoms with Crippen LogP contribution in [0.5, 0.6) is 5.75 Å². The minimum atomic E-state index is -0.890. The highest BCUT2D eigenvalue weighted by atomic mass is 35.5. The predicted molar refractivity (Wildman–Crippen MR) is 136 cm³/mol. The second-order valence-electron chi connectivity index (χ2n) is 7.76. The highest BCUT2D eigenvalue weighted by molar-refractivity contribution is 6.35. The first-order valence-corrected chi connectivity index (χ1v) is 11.1. The molecule has 0 bridgehead atoms. The third-order valence-electron chi connectivity index (χ3n) is 4.81. The molecule has 3 rings (SSSR count). The van der Waals surface area contributed by atoms with Gasteiger partial charge in [-0.3, -0.25) is 14.4 Å². The summed E-state index contributed by atoms with van der Waals surface area (Å²) >= 11 is 6.22. The molecule has 35 heavy (non-hydrogen) atoms. The van der Waals surface area contributed by atoms with Crippen LogP contribution >= 0.6 is 11.6 Å². The van der Waals surface area contributed by atoms with E-state index in [2.05, 4.69) is 21.2 Å². The summed E-state index contributed by atoms with van der Waals surface area (Å²) in [7, 11) is 0. The lowest BCUT2D eigenvalue weighted by Crippen LogP contribution is -2.37. The van der Waals surface area contributed by atoms with Crippen molar-refractivity contribution in [3.63, 3.8) is 0 Å². The number of hydrogen-bond donors (Lipinski definition) is 3. The fourth-order valence-electron chi connectivity index (χ4n) is 2.88. The lowest BCUT2D eigenvalue weighted by molar-refractivity contribution is -0.139. The van der Waals surface area contributed by atoms with Crippen molar-refractivity contribution in [2.24, 2.45) is 5.10 Å². The summed E-state index contributed by atoms with van der Waals surface area (Å²) in [6.07, 6.45) is 1.34. The molecule has 0 fully saturated rings. The minimum absolute atomic E-state index is 0.214. The number of hydrazone groups is 1. The average Bonchev–Trinajstić information content (AvgIpc) is 2.84. The van der Waals surface area contributed by atoms with Gasteiger partial charge in [0.05, 0.1) is 11.2 Å². The van der Waals surface area contributed by atoms with E-state index >= 15 is 0 Å². The monoisotopic (exact) mass is 492 g/mol. The number of carbonyl (C=O) groups excluding carboxylic acids is 3. The lowest BCUT2D eigenvalue weighted by Gasteiger charge is -2.09. The number of nitrogens with zero attached hydrogens (tertiary/aromatic N) is 1. The van der Waals surface area contributed by atoms with E-state index in [1.807, 2.05) is 50.2 Å².